The molecule has 0 saturated carbocycles. The Balaban J connectivity index is 2.91. The predicted octanol–water partition coefficient (Wildman–Crippen LogP) is 1.15. The molecule has 0 radical (unpaired) electrons. The fraction of sp³-hybridized carbons (Fsp3) is 0.444. The molecule has 0 fully saturated rings. The molecule has 88 valence electrons. The van der Waals surface area contributed by atoms with Crippen LogP contribution in [0.15, 0.2) is 10.5 Å². The Kier molecular flexibility index (Phi) is 4.71. The van der Waals surface area contributed by atoms with Gasteiger partial charge < -0.3 is 14.7 Å². The zero-order chi connectivity index (χ0) is 12.0. The van der Waals surface area contributed by atoms with Gasteiger partial charge in [-0.2, -0.15) is 0 Å². The monoisotopic (exact) mass is 244 g/mol. The SMILES string of the molecule is CCON=C(C(=O)OCC)c1csc(O)n1. The van der Waals surface area contributed by atoms with E-state index in [1.807, 2.05) is 0 Å². The number of hydrogen-bond donors (Lipinski definition) is 1. The molecule has 1 N–H and O–H groups in total. The summed E-state index contributed by atoms with van der Waals surface area (Å²) in [6.07, 6.45) is 0. The number of thiazole rings is 1. The molecule has 0 aliphatic rings. The normalized spacial score (nSPS) is 11.2. The molecule has 7 heteroatoms. The first-order valence-corrected chi connectivity index (χ1v) is 5.58. The van der Waals surface area contributed by atoms with Gasteiger partial charge in [0.25, 0.3) is 5.19 Å². The van der Waals surface area contributed by atoms with E-state index in [0.717, 1.165) is 11.3 Å². The van der Waals surface area contributed by atoms with Gasteiger partial charge in [-0.05, 0) is 13.8 Å². The van der Waals surface area contributed by atoms with E-state index in [2.05, 4.69) is 10.1 Å². The van der Waals surface area contributed by atoms with Crippen LogP contribution in [0.5, 0.6) is 5.19 Å². The first-order chi connectivity index (χ1) is 7.69. The van der Waals surface area contributed by atoms with E-state index in [1.54, 1.807) is 13.8 Å². The lowest BCUT2D eigenvalue weighted by molar-refractivity contribution is -0.135. The van der Waals surface area contributed by atoms with Crippen molar-refractivity contribution in [3.8, 4) is 5.19 Å². The molecule has 0 aliphatic heterocycles. The third-order valence-electron chi connectivity index (χ3n) is 1.49. The molecule has 0 unspecified atom stereocenters. The van der Waals surface area contributed by atoms with Crippen LogP contribution in [0, 0.1) is 0 Å². The maximum atomic E-state index is 11.5. The number of aromatic hydroxyl groups is 1. The molecule has 0 spiro atoms. The van der Waals surface area contributed by atoms with Gasteiger partial charge in [0.15, 0.2) is 0 Å². The van der Waals surface area contributed by atoms with Crippen LogP contribution >= 0.6 is 11.3 Å². The van der Waals surface area contributed by atoms with Crippen LogP contribution in [-0.4, -0.2) is 35.0 Å². The van der Waals surface area contributed by atoms with Crippen molar-refractivity contribution in [3.05, 3.63) is 11.1 Å². The molecule has 0 amide bonds. The Bertz CT molecular complexity index is 389. The smallest absolute Gasteiger partial charge is 0.362 e. The molecule has 6 nitrogen and oxygen atoms in total. The Morgan fingerprint density at radius 2 is 2.31 bits per heavy atom. The molecule has 0 saturated heterocycles. The van der Waals surface area contributed by atoms with Crippen molar-refractivity contribution < 1.29 is 19.5 Å². The van der Waals surface area contributed by atoms with Gasteiger partial charge in [-0.3, -0.25) is 0 Å². The van der Waals surface area contributed by atoms with E-state index in [9.17, 15) is 4.79 Å². The van der Waals surface area contributed by atoms with E-state index in [0.29, 0.717) is 6.61 Å². The first-order valence-electron chi connectivity index (χ1n) is 4.71. The summed E-state index contributed by atoms with van der Waals surface area (Å²) in [5.74, 6) is -0.624. The second-order valence-corrected chi connectivity index (χ2v) is 3.43. The molecule has 1 aromatic heterocycles. The summed E-state index contributed by atoms with van der Waals surface area (Å²) in [5, 5.41) is 14.1. The summed E-state index contributed by atoms with van der Waals surface area (Å²) >= 11 is 1.00. The topological polar surface area (TPSA) is 81.0 Å². The minimum Gasteiger partial charge on any atom is -0.486 e. The molecule has 0 aromatic carbocycles. The second kappa shape index (κ2) is 6.06. The number of oxime groups is 1. The van der Waals surface area contributed by atoms with Crippen molar-refractivity contribution in [2.75, 3.05) is 13.2 Å². The zero-order valence-electron chi connectivity index (χ0n) is 8.97. The van der Waals surface area contributed by atoms with E-state index in [1.165, 1.54) is 5.38 Å². The van der Waals surface area contributed by atoms with Crippen molar-refractivity contribution in [1.29, 1.82) is 0 Å². The standard InChI is InChI=1S/C9H12N2O4S/c1-3-14-8(12)7(11-15-4-2)6-5-16-9(13)10-6/h5H,3-4H2,1-2H3,(H,10,13). The van der Waals surface area contributed by atoms with Gasteiger partial charge >= 0.3 is 5.97 Å². The molecular weight excluding hydrogens is 232 g/mol. The van der Waals surface area contributed by atoms with Crippen LogP contribution in [0.2, 0.25) is 0 Å². The number of nitrogens with zero attached hydrogens (tertiary/aromatic N) is 2. The average molecular weight is 244 g/mol. The molecule has 1 heterocycles. The lowest BCUT2D eigenvalue weighted by atomic mass is 10.3. The minimum absolute atomic E-state index is 0.0414. The largest absolute Gasteiger partial charge is 0.486 e. The number of rotatable bonds is 5. The highest BCUT2D eigenvalue weighted by Crippen LogP contribution is 2.16. The summed E-state index contributed by atoms with van der Waals surface area (Å²) in [7, 11) is 0. The first kappa shape index (κ1) is 12.4. The summed E-state index contributed by atoms with van der Waals surface area (Å²) in [6, 6.07) is 0. The molecule has 0 aliphatic carbocycles. The number of ether oxygens (including phenoxy) is 1. The van der Waals surface area contributed by atoms with E-state index in [-0.39, 0.29) is 23.2 Å². The summed E-state index contributed by atoms with van der Waals surface area (Å²) in [6.45, 7) is 4.00. The van der Waals surface area contributed by atoms with E-state index >= 15 is 0 Å². The van der Waals surface area contributed by atoms with Crippen molar-refractivity contribution in [2.45, 2.75) is 13.8 Å². The molecule has 0 atom stereocenters. The van der Waals surface area contributed by atoms with E-state index in [4.69, 9.17) is 14.7 Å². The Hall–Kier alpha value is -1.63. The second-order valence-electron chi connectivity index (χ2n) is 2.59. The Labute approximate surface area is 96.5 Å². The maximum absolute atomic E-state index is 11.5. The number of hydrogen-bond acceptors (Lipinski definition) is 7. The maximum Gasteiger partial charge on any atom is 0.362 e. The molecule has 1 rings (SSSR count). The van der Waals surface area contributed by atoms with Gasteiger partial charge in [0.05, 0.1) is 6.61 Å². The van der Waals surface area contributed by atoms with Crippen LogP contribution < -0.4 is 0 Å². The van der Waals surface area contributed by atoms with Crippen molar-refractivity contribution in [2.24, 2.45) is 5.16 Å². The predicted molar refractivity (Wildman–Crippen MR) is 58.6 cm³/mol. The van der Waals surface area contributed by atoms with Gasteiger partial charge in [0.1, 0.15) is 12.3 Å². The third kappa shape index (κ3) is 3.20. The van der Waals surface area contributed by atoms with Crippen LogP contribution in [0.1, 0.15) is 19.5 Å². The Morgan fingerprint density at radius 3 is 2.81 bits per heavy atom. The number of esters is 1. The number of aromatic nitrogens is 1. The van der Waals surface area contributed by atoms with E-state index < -0.39 is 5.97 Å². The third-order valence-corrected chi connectivity index (χ3v) is 2.13. The number of carbonyl (C=O) groups excluding carboxylic acids is 1. The molecular formula is C9H12N2O4S. The lowest BCUT2D eigenvalue weighted by Crippen LogP contribution is -2.19. The number of carbonyl (C=O) groups is 1. The fourth-order valence-corrected chi connectivity index (χ4v) is 1.42. The highest BCUT2D eigenvalue weighted by atomic mass is 32.1. The van der Waals surface area contributed by atoms with Gasteiger partial charge in [-0.25, -0.2) is 9.78 Å². The average Bonchev–Trinajstić information content (AvgIpc) is 2.66. The van der Waals surface area contributed by atoms with Crippen LogP contribution in [0.3, 0.4) is 0 Å². The summed E-state index contributed by atoms with van der Waals surface area (Å²) in [4.78, 5) is 20.0. The molecule has 0 bridgehead atoms. The van der Waals surface area contributed by atoms with Gasteiger partial charge in [-0.1, -0.05) is 16.5 Å². The summed E-state index contributed by atoms with van der Waals surface area (Å²) < 4.78 is 4.80. The van der Waals surface area contributed by atoms with Crippen LogP contribution in [0.25, 0.3) is 0 Å². The fourth-order valence-electron chi connectivity index (χ4n) is 0.890. The summed E-state index contributed by atoms with van der Waals surface area (Å²) in [5.41, 5.74) is 0.203. The van der Waals surface area contributed by atoms with Crippen molar-refractivity contribution >= 4 is 23.0 Å². The van der Waals surface area contributed by atoms with Gasteiger partial charge in [-0.15, -0.1) is 0 Å². The van der Waals surface area contributed by atoms with Gasteiger partial charge in [0.2, 0.25) is 5.71 Å². The van der Waals surface area contributed by atoms with Crippen LogP contribution in [0.4, 0.5) is 0 Å². The Morgan fingerprint density at radius 1 is 1.56 bits per heavy atom. The highest BCUT2D eigenvalue weighted by Gasteiger charge is 2.19. The van der Waals surface area contributed by atoms with Crippen molar-refractivity contribution in [3.63, 3.8) is 0 Å². The van der Waals surface area contributed by atoms with Crippen molar-refractivity contribution in [1.82, 2.24) is 4.98 Å². The molecule has 1 aromatic rings. The molecule has 16 heavy (non-hydrogen) atoms. The zero-order valence-corrected chi connectivity index (χ0v) is 9.78. The lowest BCUT2D eigenvalue weighted by Gasteiger charge is -2.02. The minimum atomic E-state index is -0.624. The van der Waals surface area contributed by atoms with Gasteiger partial charge in [0, 0.05) is 5.38 Å². The quantitative estimate of drug-likeness (QED) is 0.477. The van der Waals surface area contributed by atoms with Crippen LogP contribution in [-0.2, 0) is 14.4 Å². The highest BCUT2D eigenvalue weighted by molar-refractivity contribution is 7.11.